The van der Waals surface area contributed by atoms with Gasteiger partial charge in [0.15, 0.2) is 5.76 Å². The lowest BCUT2D eigenvalue weighted by molar-refractivity contribution is -0.137. The first-order chi connectivity index (χ1) is 13.6. The molecule has 0 atom stereocenters. The van der Waals surface area contributed by atoms with Crippen LogP contribution in [0.15, 0.2) is 53.8 Å². The van der Waals surface area contributed by atoms with Gasteiger partial charge in [-0.25, -0.2) is 0 Å². The maximum atomic E-state index is 12.9. The minimum atomic E-state index is -4.53. The molecule has 0 fully saturated rings. The van der Waals surface area contributed by atoms with Crippen molar-refractivity contribution >= 4 is 23.4 Å². The Balaban J connectivity index is 1.75. The number of nitrogens with zero attached hydrogens (tertiary/aromatic N) is 1. The SMILES string of the molecule is CN1CC(C(=O)NCc2cccc(-c3ccc(C(F)(F)F)c(Cl)c3)c2)=C(O)C1=O. The van der Waals surface area contributed by atoms with Crippen LogP contribution in [-0.4, -0.2) is 35.4 Å². The van der Waals surface area contributed by atoms with Crippen molar-refractivity contribution < 1.29 is 27.9 Å². The summed E-state index contributed by atoms with van der Waals surface area (Å²) in [5.41, 5.74) is 0.896. The summed E-state index contributed by atoms with van der Waals surface area (Å²) in [5.74, 6) is -1.75. The number of hydrogen-bond acceptors (Lipinski definition) is 3. The van der Waals surface area contributed by atoms with Crippen LogP contribution in [0.25, 0.3) is 11.1 Å². The molecule has 0 saturated heterocycles. The summed E-state index contributed by atoms with van der Waals surface area (Å²) >= 11 is 5.78. The van der Waals surface area contributed by atoms with Gasteiger partial charge in [0.05, 0.1) is 22.7 Å². The normalized spacial score (nSPS) is 14.5. The third-order valence-corrected chi connectivity index (χ3v) is 4.81. The summed E-state index contributed by atoms with van der Waals surface area (Å²) in [5, 5.41) is 12.0. The molecular formula is C20H16ClF3N2O3. The van der Waals surface area contributed by atoms with E-state index >= 15 is 0 Å². The van der Waals surface area contributed by atoms with Crippen LogP contribution < -0.4 is 5.32 Å². The molecule has 0 radical (unpaired) electrons. The zero-order valence-electron chi connectivity index (χ0n) is 15.2. The average molecular weight is 425 g/mol. The van der Waals surface area contributed by atoms with Gasteiger partial charge in [-0.1, -0.05) is 35.9 Å². The third-order valence-electron chi connectivity index (χ3n) is 4.49. The van der Waals surface area contributed by atoms with Crippen LogP contribution in [0.2, 0.25) is 5.02 Å². The molecular weight excluding hydrogens is 409 g/mol. The van der Waals surface area contributed by atoms with Crippen molar-refractivity contribution in [1.29, 1.82) is 0 Å². The van der Waals surface area contributed by atoms with E-state index in [1.807, 2.05) is 0 Å². The van der Waals surface area contributed by atoms with Gasteiger partial charge in [0.25, 0.3) is 11.8 Å². The number of carbonyl (C=O) groups excluding carboxylic acids is 2. The number of halogens is 4. The summed E-state index contributed by atoms with van der Waals surface area (Å²) in [4.78, 5) is 25.0. The number of nitrogens with one attached hydrogen (secondary N) is 1. The van der Waals surface area contributed by atoms with Crippen LogP contribution in [-0.2, 0) is 22.3 Å². The van der Waals surface area contributed by atoms with Gasteiger partial charge in [0, 0.05) is 13.6 Å². The number of benzene rings is 2. The standard InChI is InChI=1S/C20H16ClF3N2O3/c1-26-10-14(17(27)19(26)29)18(28)25-9-11-3-2-4-12(7-11)13-5-6-15(16(21)8-13)20(22,23)24/h2-8,27H,9-10H2,1H3,(H,25,28). The molecule has 1 heterocycles. The second-order valence-corrected chi connectivity index (χ2v) is 6.97. The van der Waals surface area contributed by atoms with Gasteiger partial charge in [-0.15, -0.1) is 0 Å². The minimum Gasteiger partial charge on any atom is -0.503 e. The predicted molar refractivity (Wildman–Crippen MR) is 101 cm³/mol. The quantitative estimate of drug-likeness (QED) is 0.781. The number of likely N-dealkylation sites (N-methyl/N-ethyl adjacent to an activating group) is 1. The lowest BCUT2D eigenvalue weighted by Gasteiger charge is -2.12. The van der Waals surface area contributed by atoms with Crippen molar-refractivity contribution in [3.8, 4) is 11.1 Å². The number of aliphatic hydroxyl groups is 1. The molecule has 9 heteroatoms. The number of rotatable bonds is 4. The summed E-state index contributed by atoms with van der Waals surface area (Å²) in [6.07, 6.45) is -4.53. The molecule has 2 N–H and O–H groups in total. The first-order valence-corrected chi connectivity index (χ1v) is 8.87. The molecule has 0 aliphatic carbocycles. The maximum absolute atomic E-state index is 12.9. The lowest BCUT2D eigenvalue weighted by Crippen LogP contribution is -2.27. The fourth-order valence-electron chi connectivity index (χ4n) is 2.95. The molecule has 0 saturated carbocycles. The van der Waals surface area contributed by atoms with Crippen molar-refractivity contribution in [1.82, 2.24) is 10.2 Å². The lowest BCUT2D eigenvalue weighted by atomic mass is 10.0. The van der Waals surface area contributed by atoms with Crippen LogP contribution in [0.5, 0.6) is 0 Å². The van der Waals surface area contributed by atoms with Crippen molar-refractivity contribution in [2.45, 2.75) is 12.7 Å². The van der Waals surface area contributed by atoms with Crippen molar-refractivity contribution in [3.63, 3.8) is 0 Å². The maximum Gasteiger partial charge on any atom is 0.417 e. The van der Waals surface area contributed by atoms with E-state index in [-0.39, 0.29) is 18.7 Å². The Morgan fingerprint density at radius 1 is 1.21 bits per heavy atom. The first-order valence-electron chi connectivity index (χ1n) is 8.49. The largest absolute Gasteiger partial charge is 0.503 e. The zero-order valence-corrected chi connectivity index (χ0v) is 15.9. The van der Waals surface area contributed by atoms with E-state index in [9.17, 15) is 27.9 Å². The number of amides is 2. The molecule has 0 aromatic heterocycles. The molecule has 0 unspecified atom stereocenters. The molecule has 0 bridgehead atoms. The van der Waals surface area contributed by atoms with Crippen LogP contribution in [0, 0.1) is 0 Å². The minimum absolute atomic E-state index is 0.0109. The monoisotopic (exact) mass is 424 g/mol. The molecule has 2 amide bonds. The third kappa shape index (κ3) is 4.37. The van der Waals surface area contributed by atoms with Gasteiger partial charge in [-0.3, -0.25) is 9.59 Å². The predicted octanol–water partition coefficient (Wildman–Crippen LogP) is 3.93. The van der Waals surface area contributed by atoms with Crippen LogP contribution in [0.4, 0.5) is 13.2 Å². The summed E-state index contributed by atoms with van der Waals surface area (Å²) in [6, 6.07) is 10.3. The first kappa shape index (κ1) is 20.7. The van der Waals surface area contributed by atoms with Gasteiger partial charge in [-0.05, 0) is 34.9 Å². The number of carbonyl (C=O) groups is 2. The van der Waals surface area contributed by atoms with Gasteiger partial charge in [-0.2, -0.15) is 13.2 Å². The number of alkyl halides is 3. The van der Waals surface area contributed by atoms with Gasteiger partial charge < -0.3 is 15.3 Å². The van der Waals surface area contributed by atoms with Crippen LogP contribution in [0.3, 0.4) is 0 Å². The van der Waals surface area contributed by atoms with E-state index in [0.717, 1.165) is 6.07 Å². The molecule has 5 nitrogen and oxygen atoms in total. The summed E-state index contributed by atoms with van der Waals surface area (Å²) < 4.78 is 38.6. The highest BCUT2D eigenvalue weighted by Gasteiger charge is 2.33. The molecule has 2 aromatic carbocycles. The zero-order chi connectivity index (χ0) is 21.3. The van der Waals surface area contributed by atoms with Crippen LogP contribution >= 0.6 is 11.6 Å². The average Bonchev–Trinajstić information content (AvgIpc) is 2.92. The van der Waals surface area contributed by atoms with E-state index in [4.69, 9.17) is 11.6 Å². The Bertz CT molecular complexity index is 1020. The smallest absolute Gasteiger partial charge is 0.417 e. The van der Waals surface area contributed by atoms with E-state index < -0.39 is 34.3 Å². The number of hydrogen-bond donors (Lipinski definition) is 2. The summed E-state index contributed by atoms with van der Waals surface area (Å²) in [7, 11) is 1.47. The molecule has 29 heavy (non-hydrogen) atoms. The molecule has 0 spiro atoms. The van der Waals surface area contributed by atoms with Gasteiger partial charge >= 0.3 is 6.18 Å². The van der Waals surface area contributed by atoms with E-state index in [1.54, 1.807) is 24.3 Å². The van der Waals surface area contributed by atoms with Gasteiger partial charge in [0.2, 0.25) is 0 Å². The Hall–Kier alpha value is -3.00. The fourth-order valence-corrected chi connectivity index (χ4v) is 3.24. The molecule has 1 aliphatic rings. The number of aliphatic hydroxyl groups excluding tert-OH is 1. The van der Waals surface area contributed by atoms with E-state index in [0.29, 0.717) is 16.7 Å². The Labute approximate surface area is 169 Å². The molecule has 2 aromatic rings. The highest BCUT2D eigenvalue weighted by atomic mass is 35.5. The van der Waals surface area contributed by atoms with Gasteiger partial charge in [0.1, 0.15) is 0 Å². The van der Waals surface area contributed by atoms with Crippen molar-refractivity contribution in [2.75, 3.05) is 13.6 Å². The second-order valence-electron chi connectivity index (χ2n) is 6.56. The highest BCUT2D eigenvalue weighted by molar-refractivity contribution is 6.31. The molecule has 3 rings (SSSR count). The van der Waals surface area contributed by atoms with E-state index in [2.05, 4.69) is 5.32 Å². The second kappa shape index (κ2) is 7.79. The van der Waals surface area contributed by atoms with E-state index in [1.165, 1.54) is 24.1 Å². The molecule has 152 valence electrons. The van der Waals surface area contributed by atoms with Crippen LogP contribution in [0.1, 0.15) is 11.1 Å². The molecule has 1 aliphatic heterocycles. The fraction of sp³-hybridized carbons (Fsp3) is 0.200. The van der Waals surface area contributed by atoms with Crippen molar-refractivity contribution in [3.05, 3.63) is 69.9 Å². The van der Waals surface area contributed by atoms with Crippen molar-refractivity contribution in [2.24, 2.45) is 0 Å². The highest BCUT2D eigenvalue weighted by Crippen LogP contribution is 2.36. The topological polar surface area (TPSA) is 69.6 Å². The Morgan fingerprint density at radius 2 is 1.90 bits per heavy atom. The Morgan fingerprint density at radius 3 is 2.48 bits per heavy atom. The Kier molecular flexibility index (Phi) is 5.57. The summed E-state index contributed by atoms with van der Waals surface area (Å²) in [6.45, 7) is 0.121.